The van der Waals surface area contributed by atoms with E-state index in [0.29, 0.717) is 0 Å². The lowest BCUT2D eigenvalue weighted by molar-refractivity contribution is -0.696. The molecule has 2 aromatic heterocycles. The molecule has 0 aliphatic rings. The van der Waals surface area contributed by atoms with Crippen LogP contribution in [0.2, 0.25) is 0 Å². The molecule has 0 aliphatic carbocycles. The third-order valence-electron chi connectivity index (χ3n) is 6.72. The minimum atomic E-state index is 0.871. The minimum absolute atomic E-state index is 0.871. The van der Waals surface area contributed by atoms with Crippen molar-refractivity contribution in [2.45, 2.75) is 38.8 Å². The Labute approximate surface area is 238 Å². The zero-order valence-corrected chi connectivity index (χ0v) is 22.8. The highest BCUT2D eigenvalue weighted by molar-refractivity contribution is 5.61. The number of rotatable bonds is 8. The van der Waals surface area contributed by atoms with Crippen LogP contribution in [0.4, 0.5) is 0 Å². The molecule has 2 nitrogen and oxygen atoms in total. The van der Waals surface area contributed by atoms with Crippen molar-refractivity contribution in [3.05, 3.63) is 145 Å². The summed E-state index contributed by atoms with van der Waals surface area (Å²) >= 11 is 0. The second-order valence-electron chi connectivity index (χ2n) is 9.78. The fourth-order valence-corrected chi connectivity index (χ4v) is 4.59. The maximum absolute atomic E-state index is 3.33. The number of aromatic nitrogens is 2. The Morgan fingerprint density at radius 3 is 1.25 bits per heavy atom. The number of nitrogens with zero attached hydrogens (tertiary/aromatic N) is 2. The fraction of sp³-hybridized carbons (Fsp3) is 0.158. The van der Waals surface area contributed by atoms with Crippen LogP contribution in [0.25, 0.3) is 22.3 Å². The van der Waals surface area contributed by atoms with Crippen LogP contribution in [-0.2, 0) is 13.1 Å². The van der Waals surface area contributed by atoms with Crippen molar-refractivity contribution < 1.29 is 9.13 Å². The molecule has 0 amide bonds. The third kappa shape index (κ3) is 8.04. The van der Waals surface area contributed by atoms with Crippen LogP contribution in [0.1, 0.15) is 36.8 Å². The van der Waals surface area contributed by atoms with E-state index in [-0.39, 0.29) is 0 Å². The molecule has 0 bridgehead atoms. The first-order valence-corrected chi connectivity index (χ1v) is 14.0. The predicted octanol–water partition coefficient (Wildman–Crippen LogP) is 7.26. The molecule has 2 heteroatoms. The van der Waals surface area contributed by atoms with Gasteiger partial charge >= 0.3 is 0 Å². The monoisotopic (exact) mass is 518 g/mol. The normalized spacial score (nSPS) is 10.2. The summed E-state index contributed by atoms with van der Waals surface area (Å²) in [6.45, 7) is 1.92. The van der Waals surface area contributed by atoms with E-state index in [1.807, 2.05) is 0 Å². The molecule has 5 aromatic rings. The summed E-state index contributed by atoms with van der Waals surface area (Å²) in [5, 5.41) is 0. The van der Waals surface area contributed by atoms with Crippen molar-refractivity contribution in [2.24, 2.45) is 0 Å². The molecule has 0 unspecified atom stereocenters. The molecule has 2 heterocycles. The Balaban J connectivity index is 1.04. The van der Waals surface area contributed by atoms with E-state index in [1.54, 1.807) is 0 Å². The van der Waals surface area contributed by atoms with Crippen molar-refractivity contribution in [3.8, 4) is 45.9 Å². The standard InChI is InChI=1S/C38H34N2/c1-7-17-35(18-8-1)37-21-13-29-39(31-37)27-11-3-5-15-33-23-25-34(26-24-33)16-6-4-12-28-40-30-14-22-38(32-40)36-19-9-2-10-20-36/h1-2,7-10,13-14,17-26,29-32H,3-4,11-12,27-28H2/q+2. The molecule has 3 aromatic carbocycles. The van der Waals surface area contributed by atoms with Gasteiger partial charge in [-0.1, -0.05) is 84.3 Å². The quantitative estimate of drug-likeness (QED) is 0.116. The van der Waals surface area contributed by atoms with E-state index in [1.165, 1.54) is 22.3 Å². The van der Waals surface area contributed by atoms with Crippen LogP contribution in [0, 0.1) is 23.7 Å². The molecule has 0 aliphatic heterocycles. The number of hydrogen-bond donors (Lipinski definition) is 0. The highest BCUT2D eigenvalue weighted by Gasteiger charge is 2.05. The van der Waals surface area contributed by atoms with Crippen molar-refractivity contribution >= 4 is 0 Å². The molecular formula is C38H34N2+2. The topological polar surface area (TPSA) is 7.76 Å². The Morgan fingerprint density at radius 2 is 0.825 bits per heavy atom. The molecule has 0 saturated heterocycles. The van der Waals surface area contributed by atoms with E-state index in [2.05, 4.69) is 167 Å². The van der Waals surface area contributed by atoms with Crippen molar-refractivity contribution in [3.63, 3.8) is 0 Å². The van der Waals surface area contributed by atoms with E-state index in [4.69, 9.17) is 0 Å². The van der Waals surface area contributed by atoms with Gasteiger partial charge in [0.1, 0.15) is 13.1 Å². The van der Waals surface area contributed by atoms with Crippen molar-refractivity contribution in [1.82, 2.24) is 0 Å². The summed E-state index contributed by atoms with van der Waals surface area (Å²) in [7, 11) is 0. The zero-order chi connectivity index (χ0) is 27.2. The summed E-state index contributed by atoms with van der Waals surface area (Å²) in [6.07, 6.45) is 12.5. The first kappa shape index (κ1) is 26.7. The third-order valence-corrected chi connectivity index (χ3v) is 6.72. The zero-order valence-electron chi connectivity index (χ0n) is 22.8. The van der Waals surface area contributed by atoms with Gasteiger partial charge < -0.3 is 0 Å². The number of pyridine rings is 2. The van der Waals surface area contributed by atoms with Crippen LogP contribution in [0.15, 0.2) is 134 Å². The molecule has 0 saturated carbocycles. The van der Waals surface area contributed by atoms with E-state index >= 15 is 0 Å². The van der Waals surface area contributed by atoms with Crippen LogP contribution in [0.3, 0.4) is 0 Å². The maximum atomic E-state index is 3.33. The number of aryl methyl sites for hydroxylation is 2. The lowest BCUT2D eigenvalue weighted by Gasteiger charge is -2.00. The van der Waals surface area contributed by atoms with Crippen LogP contribution in [0.5, 0.6) is 0 Å². The predicted molar refractivity (Wildman–Crippen MR) is 163 cm³/mol. The highest BCUT2D eigenvalue weighted by Crippen LogP contribution is 2.17. The smallest absolute Gasteiger partial charge is 0.176 e. The highest BCUT2D eigenvalue weighted by atomic mass is 14.9. The van der Waals surface area contributed by atoms with E-state index < -0.39 is 0 Å². The number of hydrogen-bond acceptors (Lipinski definition) is 0. The van der Waals surface area contributed by atoms with Gasteiger partial charge in [0.15, 0.2) is 24.8 Å². The van der Waals surface area contributed by atoms with E-state index in [9.17, 15) is 0 Å². The van der Waals surface area contributed by atoms with Gasteiger partial charge in [-0.2, -0.15) is 0 Å². The molecule has 0 N–H and O–H groups in total. The van der Waals surface area contributed by atoms with Crippen molar-refractivity contribution in [2.75, 3.05) is 0 Å². The molecule has 40 heavy (non-hydrogen) atoms. The molecule has 0 fully saturated rings. The average Bonchev–Trinajstić information content (AvgIpc) is 3.02. The Morgan fingerprint density at radius 1 is 0.425 bits per heavy atom. The first-order chi connectivity index (χ1) is 19.8. The van der Waals surface area contributed by atoms with Crippen molar-refractivity contribution in [1.29, 1.82) is 0 Å². The van der Waals surface area contributed by atoms with Gasteiger partial charge in [0.25, 0.3) is 0 Å². The van der Waals surface area contributed by atoms with Gasteiger partial charge in [0.2, 0.25) is 0 Å². The van der Waals surface area contributed by atoms with Gasteiger partial charge in [-0.05, 0) is 47.5 Å². The summed E-state index contributed by atoms with van der Waals surface area (Å²) in [6, 6.07) is 37.8. The summed E-state index contributed by atoms with van der Waals surface area (Å²) in [5.41, 5.74) is 7.05. The molecule has 0 atom stereocenters. The molecule has 194 valence electrons. The Hall–Kier alpha value is -4.92. The molecule has 0 spiro atoms. The van der Waals surface area contributed by atoms with Gasteiger partial charge in [0.05, 0.1) is 0 Å². The summed E-state index contributed by atoms with van der Waals surface area (Å²) < 4.78 is 4.50. The average molecular weight is 519 g/mol. The Kier molecular flexibility index (Phi) is 9.53. The van der Waals surface area contributed by atoms with Crippen LogP contribution >= 0.6 is 0 Å². The fourth-order valence-electron chi connectivity index (χ4n) is 4.59. The maximum Gasteiger partial charge on any atom is 0.176 e. The summed E-state index contributed by atoms with van der Waals surface area (Å²) in [4.78, 5) is 0. The van der Waals surface area contributed by atoms with Crippen LogP contribution < -0.4 is 9.13 Å². The van der Waals surface area contributed by atoms with Gasteiger partial charge in [-0.25, -0.2) is 9.13 Å². The number of benzene rings is 3. The lowest BCUT2D eigenvalue weighted by atomic mass is 10.1. The Bertz CT molecular complexity index is 1500. The second-order valence-corrected chi connectivity index (χ2v) is 9.78. The first-order valence-electron chi connectivity index (χ1n) is 14.0. The number of unbranched alkanes of at least 4 members (excludes halogenated alkanes) is 2. The SMILES string of the molecule is C(#Cc1ccc(C#CCCC[n+]2cccc(-c3ccccc3)c2)cc1)CCC[n+]1cccc(-c2ccccc2)c1. The van der Waals surface area contributed by atoms with Gasteiger partial charge in [-0.3, -0.25) is 0 Å². The van der Waals surface area contributed by atoms with E-state index in [0.717, 1.165) is 49.9 Å². The van der Waals surface area contributed by atoms with Crippen LogP contribution in [-0.4, -0.2) is 0 Å². The lowest BCUT2D eigenvalue weighted by Crippen LogP contribution is -2.32. The largest absolute Gasteiger partial charge is 0.204 e. The van der Waals surface area contributed by atoms with Gasteiger partial charge in [-0.15, -0.1) is 0 Å². The molecule has 5 rings (SSSR count). The molecular weight excluding hydrogens is 484 g/mol. The summed E-state index contributed by atoms with van der Waals surface area (Å²) in [5.74, 6) is 13.2. The second kappa shape index (κ2) is 14.3. The van der Waals surface area contributed by atoms with Gasteiger partial charge in [0, 0.05) is 60.1 Å². The minimum Gasteiger partial charge on any atom is -0.204 e. The molecule has 0 radical (unpaired) electrons.